The molecule has 2 aliphatic heterocycles. The maximum absolute atomic E-state index is 13.9. The molecule has 28 heavy (non-hydrogen) atoms. The molecule has 2 saturated heterocycles. The van der Waals surface area contributed by atoms with Crippen molar-refractivity contribution in [3.05, 3.63) is 29.8 Å². The minimum absolute atomic E-state index is 0.107. The molecule has 0 spiro atoms. The molecular formula is C19H28F2N3O3S+. The van der Waals surface area contributed by atoms with Crippen LogP contribution in [0.4, 0.5) is 8.78 Å². The summed E-state index contributed by atoms with van der Waals surface area (Å²) in [4.78, 5) is 15.2. The number of carbonyl (C=O) groups excluding carboxylic acids is 1. The number of nitrogens with zero attached hydrogens (tertiary/aromatic N) is 2. The third-order valence-corrected chi connectivity index (χ3v) is 7.76. The molecule has 0 aliphatic carbocycles. The van der Waals surface area contributed by atoms with Crippen LogP contribution in [0.1, 0.15) is 33.1 Å². The second kappa shape index (κ2) is 8.42. The number of piperazine rings is 1. The monoisotopic (exact) mass is 416 g/mol. The van der Waals surface area contributed by atoms with E-state index in [1.165, 1.54) is 4.31 Å². The number of benzene rings is 1. The first kappa shape index (κ1) is 21.1. The molecule has 1 aromatic carbocycles. The second-order valence-corrected chi connectivity index (χ2v) is 9.74. The van der Waals surface area contributed by atoms with Gasteiger partial charge < -0.3 is 9.80 Å². The number of hydrogen-bond donors (Lipinski definition) is 1. The van der Waals surface area contributed by atoms with Gasteiger partial charge in [-0.15, -0.1) is 0 Å². The molecule has 2 fully saturated rings. The quantitative estimate of drug-likeness (QED) is 0.784. The zero-order chi connectivity index (χ0) is 20.5. The number of nitrogens with one attached hydrogen (secondary N) is 1. The van der Waals surface area contributed by atoms with E-state index in [9.17, 15) is 22.0 Å². The Morgan fingerprint density at radius 1 is 1.14 bits per heavy atom. The summed E-state index contributed by atoms with van der Waals surface area (Å²) in [6.07, 6.45) is 3.16. The Kier molecular flexibility index (Phi) is 6.36. The number of likely N-dealkylation sites (tertiary alicyclic amines) is 1. The summed E-state index contributed by atoms with van der Waals surface area (Å²) in [7, 11) is -4.02. The van der Waals surface area contributed by atoms with E-state index in [0.717, 1.165) is 36.3 Å². The van der Waals surface area contributed by atoms with E-state index in [0.29, 0.717) is 25.7 Å². The van der Waals surface area contributed by atoms with E-state index in [2.05, 4.69) is 13.8 Å². The molecule has 2 aliphatic rings. The third-order valence-electron chi connectivity index (χ3n) is 5.82. The molecule has 6 nitrogen and oxygen atoms in total. The van der Waals surface area contributed by atoms with Crippen molar-refractivity contribution in [1.29, 1.82) is 0 Å². The fourth-order valence-corrected chi connectivity index (χ4v) is 5.75. The van der Waals surface area contributed by atoms with E-state index in [1.54, 1.807) is 0 Å². The average Bonchev–Trinajstić information content (AvgIpc) is 2.61. The third kappa shape index (κ3) is 4.36. The number of carbonyl (C=O) groups is 1. The molecule has 156 valence electrons. The zero-order valence-corrected chi connectivity index (χ0v) is 17.1. The number of hydrogen-bond acceptors (Lipinski definition) is 3. The molecule has 9 heteroatoms. The van der Waals surface area contributed by atoms with Crippen molar-refractivity contribution in [1.82, 2.24) is 9.21 Å². The SMILES string of the molecule is C[C@@H]1CCC[C@@H](C)N1C(=O)C[NH+]1CCN(S(=O)(=O)c2ccc(F)cc2F)CC1. The number of amides is 1. The van der Waals surface area contributed by atoms with Gasteiger partial charge in [0.25, 0.3) is 5.91 Å². The second-order valence-electron chi connectivity index (χ2n) is 7.84. The standard InChI is InChI=1S/C19H27F2N3O3S/c1-14-4-3-5-15(2)24(14)19(25)13-22-8-10-23(11-9-22)28(26,27)18-7-6-16(20)12-17(18)21/h6-7,12,14-15H,3-5,8-11,13H2,1-2H3/p+1/t14-,15-/m1/s1. The van der Waals surface area contributed by atoms with Gasteiger partial charge in [0.15, 0.2) is 6.54 Å². The predicted molar refractivity (Wildman–Crippen MR) is 100 cm³/mol. The Hall–Kier alpha value is -1.58. The Bertz CT molecular complexity index is 816. The molecule has 2 atom stereocenters. The van der Waals surface area contributed by atoms with Crippen molar-refractivity contribution in [3.8, 4) is 0 Å². The maximum atomic E-state index is 13.9. The molecule has 0 radical (unpaired) electrons. The first-order valence-corrected chi connectivity index (χ1v) is 11.2. The molecule has 0 saturated carbocycles. The maximum Gasteiger partial charge on any atom is 0.278 e. The predicted octanol–water partition coefficient (Wildman–Crippen LogP) is 0.644. The van der Waals surface area contributed by atoms with Crippen molar-refractivity contribution in [3.63, 3.8) is 0 Å². The van der Waals surface area contributed by atoms with Gasteiger partial charge in [0, 0.05) is 18.2 Å². The molecule has 2 heterocycles. The Morgan fingerprint density at radius 2 is 1.75 bits per heavy atom. The minimum atomic E-state index is -4.02. The fraction of sp³-hybridized carbons (Fsp3) is 0.632. The van der Waals surface area contributed by atoms with Gasteiger partial charge in [-0.2, -0.15) is 4.31 Å². The minimum Gasteiger partial charge on any atom is -0.332 e. The van der Waals surface area contributed by atoms with Crippen LogP contribution < -0.4 is 4.90 Å². The summed E-state index contributed by atoms with van der Waals surface area (Å²) in [5.74, 6) is -1.79. The topological polar surface area (TPSA) is 62.1 Å². The van der Waals surface area contributed by atoms with Crippen molar-refractivity contribution in [2.75, 3.05) is 32.7 Å². The summed E-state index contributed by atoms with van der Waals surface area (Å²) in [6, 6.07) is 2.95. The van der Waals surface area contributed by atoms with Gasteiger partial charge >= 0.3 is 0 Å². The van der Waals surface area contributed by atoms with Crippen LogP contribution in [0.25, 0.3) is 0 Å². The molecule has 1 N–H and O–H groups in total. The highest BCUT2D eigenvalue weighted by molar-refractivity contribution is 7.89. The van der Waals surface area contributed by atoms with Crippen LogP contribution >= 0.6 is 0 Å². The van der Waals surface area contributed by atoms with E-state index < -0.39 is 26.6 Å². The van der Waals surface area contributed by atoms with Gasteiger partial charge in [0.2, 0.25) is 10.0 Å². The summed E-state index contributed by atoms with van der Waals surface area (Å²) in [5, 5.41) is 0. The molecule has 0 aromatic heterocycles. The Morgan fingerprint density at radius 3 is 2.32 bits per heavy atom. The largest absolute Gasteiger partial charge is 0.332 e. The average molecular weight is 417 g/mol. The van der Waals surface area contributed by atoms with Crippen LogP contribution in [0.3, 0.4) is 0 Å². The van der Waals surface area contributed by atoms with Crippen molar-refractivity contribution >= 4 is 15.9 Å². The summed E-state index contributed by atoms with van der Waals surface area (Å²) in [6.45, 7) is 5.84. The van der Waals surface area contributed by atoms with Crippen molar-refractivity contribution in [2.24, 2.45) is 0 Å². The highest BCUT2D eigenvalue weighted by Crippen LogP contribution is 2.22. The number of piperidine rings is 1. The molecular weight excluding hydrogens is 388 g/mol. The lowest BCUT2D eigenvalue weighted by Crippen LogP contribution is -3.16. The first-order chi connectivity index (χ1) is 13.2. The lowest BCUT2D eigenvalue weighted by atomic mass is 9.97. The van der Waals surface area contributed by atoms with Crippen LogP contribution in [0.15, 0.2) is 23.1 Å². The lowest BCUT2D eigenvalue weighted by molar-refractivity contribution is -0.896. The smallest absolute Gasteiger partial charge is 0.278 e. The van der Waals surface area contributed by atoms with Gasteiger partial charge in [-0.1, -0.05) is 0 Å². The summed E-state index contributed by atoms with van der Waals surface area (Å²) < 4.78 is 53.5. The van der Waals surface area contributed by atoms with Crippen LogP contribution in [0, 0.1) is 11.6 Å². The summed E-state index contributed by atoms with van der Waals surface area (Å²) >= 11 is 0. The van der Waals surface area contributed by atoms with Gasteiger partial charge in [0.1, 0.15) is 16.5 Å². The Balaban J connectivity index is 1.60. The summed E-state index contributed by atoms with van der Waals surface area (Å²) in [5.41, 5.74) is 0. The van der Waals surface area contributed by atoms with Crippen LogP contribution in [-0.4, -0.2) is 68.3 Å². The zero-order valence-electron chi connectivity index (χ0n) is 16.3. The number of quaternary nitrogens is 1. The van der Waals surface area contributed by atoms with Crippen LogP contribution in [0.5, 0.6) is 0 Å². The van der Waals surface area contributed by atoms with Crippen LogP contribution in [-0.2, 0) is 14.8 Å². The molecule has 3 rings (SSSR count). The van der Waals surface area contributed by atoms with E-state index in [4.69, 9.17) is 0 Å². The Labute approximate surface area is 165 Å². The highest BCUT2D eigenvalue weighted by Gasteiger charge is 2.35. The van der Waals surface area contributed by atoms with Crippen LogP contribution in [0.2, 0.25) is 0 Å². The molecule has 0 unspecified atom stereocenters. The number of halogens is 2. The van der Waals surface area contributed by atoms with Gasteiger partial charge in [-0.05, 0) is 45.2 Å². The number of rotatable bonds is 4. The number of sulfonamides is 1. The molecule has 1 amide bonds. The van der Waals surface area contributed by atoms with Gasteiger partial charge in [-0.25, -0.2) is 17.2 Å². The lowest BCUT2D eigenvalue weighted by Gasteiger charge is -2.40. The van der Waals surface area contributed by atoms with E-state index >= 15 is 0 Å². The van der Waals surface area contributed by atoms with E-state index in [1.807, 2.05) is 4.90 Å². The van der Waals surface area contributed by atoms with Gasteiger partial charge in [-0.3, -0.25) is 4.79 Å². The molecule has 1 aromatic rings. The fourth-order valence-electron chi connectivity index (χ4n) is 4.26. The van der Waals surface area contributed by atoms with Crippen molar-refractivity contribution in [2.45, 2.75) is 50.1 Å². The first-order valence-electron chi connectivity index (χ1n) is 9.80. The molecule has 0 bridgehead atoms. The van der Waals surface area contributed by atoms with E-state index in [-0.39, 0.29) is 31.1 Å². The normalized spacial score (nSPS) is 25.1. The van der Waals surface area contributed by atoms with Gasteiger partial charge in [0.05, 0.1) is 26.2 Å². The van der Waals surface area contributed by atoms with Crippen molar-refractivity contribution < 1.29 is 26.9 Å². The highest BCUT2D eigenvalue weighted by atomic mass is 32.2.